The van der Waals surface area contributed by atoms with Gasteiger partial charge in [0.25, 0.3) is 0 Å². The van der Waals surface area contributed by atoms with Crippen molar-refractivity contribution in [2.75, 3.05) is 43.3 Å². The Hall–Kier alpha value is -0.200. The minimum Gasteiger partial charge on any atom is -0.463 e. The van der Waals surface area contributed by atoms with Crippen LogP contribution in [-0.2, 0) is 19.1 Å². The number of hydrogen-bond acceptors (Lipinski definition) is 6. The number of hydrogen-bond donors (Lipinski definition) is 0. The molecule has 0 N–H and O–H groups in total. The molecule has 0 aliphatic carbocycles. The third kappa shape index (κ3) is 12.8. The largest absolute Gasteiger partial charge is 0.463 e. The van der Waals surface area contributed by atoms with Crippen LogP contribution in [0.2, 0.25) is 0 Å². The fourth-order valence-corrected chi connectivity index (χ4v) is 3.53. The molecule has 0 saturated heterocycles. The van der Waals surface area contributed by atoms with E-state index in [9.17, 15) is 9.59 Å². The van der Waals surface area contributed by atoms with E-state index in [0.29, 0.717) is 25.4 Å². The van der Waals surface area contributed by atoms with E-state index in [0.717, 1.165) is 30.1 Å². The van der Waals surface area contributed by atoms with Crippen LogP contribution in [0.3, 0.4) is 0 Å². The Morgan fingerprint density at radius 3 is 2.43 bits per heavy atom. The van der Waals surface area contributed by atoms with E-state index in [2.05, 4.69) is 6.26 Å². The Morgan fingerprint density at radius 1 is 1.04 bits per heavy atom. The van der Waals surface area contributed by atoms with Crippen LogP contribution in [0, 0.1) is 11.8 Å². The Balaban J connectivity index is 3.49. The van der Waals surface area contributed by atoms with E-state index in [1.807, 2.05) is 32.5 Å². The quantitative estimate of drug-likeness (QED) is 0.326. The van der Waals surface area contributed by atoms with Crippen molar-refractivity contribution >= 4 is 35.3 Å². The standard InChI is InChI=1S/C17H32O4S2/c1-5-14(2)16(18)7-6-8-20-9-10-21-17(19)15(3)13-23-12-11-22-4/h14-15H,5-13H2,1-4H3. The number of carbonyl (C=O) groups excluding carboxylic acids is 2. The van der Waals surface area contributed by atoms with Crippen LogP contribution in [0.25, 0.3) is 0 Å². The molecule has 0 aromatic carbocycles. The molecule has 0 radical (unpaired) electrons. The Morgan fingerprint density at radius 2 is 1.78 bits per heavy atom. The van der Waals surface area contributed by atoms with Gasteiger partial charge in [0.1, 0.15) is 12.4 Å². The number of Topliss-reactive ketones (excluding diaryl/α,β-unsaturated/α-hetero) is 1. The van der Waals surface area contributed by atoms with Crippen molar-refractivity contribution in [3.05, 3.63) is 0 Å². The average Bonchev–Trinajstić information content (AvgIpc) is 2.56. The van der Waals surface area contributed by atoms with E-state index < -0.39 is 0 Å². The van der Waals surface area contributed by atoms with E-state index in [1.54, 1.807) is 11.8 Å². The van der Waals surface area contributed by atoms with Crippen LogP contribution in [0.5, 0.6) is 0 Å². The molecule has 0 aliphatic rings. The van der Waals surface area contributed by atoms with E-state index in [1.165, 1.54) is 0 Å². The van der Waals surface area contributed by atoms with Crippen molar-refractivity contribution in [2.45, 2.75) is 40.0 Å². The van der Waals surface area contributed by atoms with Crippen molar-refractivity contribution in [3.63, 3.8) is 0 Å². The molecule has 4 nitrogen and oxygen atoms in total. The molecule has 0 aromatic rings. The molecular weight excluding hydrogens is 332 g/mol. The van der Waals surface area contributed by atoms with Gasteiger partial charge in [-0.3, -0.25) is 9.59 Å². The number of esters is 1. The SMILES string of the molecule is CCC(C)C(=O)CCCOCCOC(=O)C(C)CSCCSC. The zero-order chi connectivity index (χ0) is 17.5. The summed E-state index contributed by atoms with van der Waals surface area (Å²) in [5.74, 6) is 3.20. The molecule has 0 amide bonds. The smallest absolute Gasteiger partial charge is 0.309 e. The highest BCUT2D eigenvalue weighted by Gasteiger charge is 2.14. The molecule has 6 heteroatoms. The topological polar surface area (TPSA) is 52.6 Å². The van der Waals surface area contributed by atoms with E-state index in [4.69, 9.17) is 9.47 Å². The maximum absolute atomic E-state index is 11.8. The summed E-state index contributed by atoms with van der Waals surface area (Å²) in [4.78, 5) is 23.4. The first-order valence-electron chi connectivity index (χ1n) is 8.36. The van der Waals surface area contributed by atoms with Gasteiger partial charge in [0.15, 0.2) is 0 Å². The van der Waals surface area contributed by atoms with Crippen LogP contribution in [-0.4, -0.2) is 55.1 Å². The number of ether oxygens (including phenoxy) is 2. The summed E-state index contributed by atoms with van der Waals surface area (Å²) in [6.45, 7) is 7.11. The molecular formula is C17H32O4S2. The molecule has 0 fully saturated rings. The first-order valence-corrected chi connectivity index (χ1v) is 10.9. The highest BCUT2D eigenvalue weighted by molar-refractivity contribution is 8.02. The molecule has 2 atom stereocenters. The molecule has 0 aliphatic heterocycles. The lowest BCUT2D eigenvalue weighted by molar-refractivity contribution is -0.148. The van der Waals surface area contributed by atoms with Crippen molar-refractivity contribution in [3.8, 4) is 0 Å². The fourth-order valence-electron chi connectivity index (χ4n) is 1.74. The van der Waals surface area contributed by atoms with Crippen LogP contribution < -0.4 is 0 Å². The Bertz CT molecular complexity index is 324. The van der Waals surface area contributed by atoms with Crippen LogP contribution in [0.4, 0.5) is 0 Å². The van der Waals surface area contributed by atoms with E-state index >= 15 is 0 Å². The van der Waals surface area contributed by atoms with E-state index in [-0.39, 0.29) is 24.4 Å². The zero-order valence-corrected chi connectivity index (χ0v) is 16.6. The van der Waals surface area contributed by atoms with Gasteiger partial charge < -0.3 is 9.47 Å². The summed E-state index contributed by atoms with van der Waals surface area (Å²) >= 11 is 3.60. The molecule has 0 bridgehead atoms. The van der Waals surface area contributed by atoms with Crippen molar-refractivity contribution in [1.82, 2.24) is 0 Å². The second-order valence-corrected chi connectivity index (χ2v) is 7.76. The van der Waals surface area contributed by atoms with Crippen LogP contribution >= 0.6 is 23.5 Å². The highest BCUT2D eigenvalue weighted by atomic mass is 32.2. The maximum Gasteiger partial charge on any atom is 0.309 e. The van der Waals surface area contributed by atoms with Gasteiger partial charge in [-0.15, -0.1) is 0 Å². The Labute approximate surface area is 149 Å². The molecule has 2 unspecified atom stereocenters. The molecule has 0 aromatic heterocycles. The second-order valence-electron chi connectivity index (χ2n) is 5.63. The fraction of sp³-hybridized carbons (Fsp3) is 0.882. The highest BCUT2D eigenvalue weighted by Crippen LogP contribution is 2.11. The van der Waals surface area contributed by atoms with Gasteiger partial charge in [-0.05, 0) is 19.1 Å². The average molecular weight is 365 g/mol. The number of thioether (sulfide) groups is 2. The van der Waals surface area contributed by atoms with Crippen LogP contribution in [0.1, 0.15) is 40.0 Å². The molecule has 0 rings (SSSR count). The maximum atomic E-state index is 11.8. The summed E-state index contributed by atoms with van der Waals surface area (Å²) in [5, 5.41) is 0. The van der Waals surface area contributed by atoms with Gasteiger partial charge in [0.05, 0.1) is 12.5 Å². The van der Waals surface area contributed by atoms with Crippen LogP contribution in [0.15, 0.2) is 0 Å². The van der Waals surface area contributed by atoms with Crippen molar-refractivity contribution in [1.29, 1.82) is 0 Å². The van der Waals surface area contributed by atoms with Crippen molar-refractivity contribution in [2.24, 2.45) is 11.8 Å². The first-order chi connectivity index (χ1) is 11.0. The normalized spacial score (nSPS) is 13.6. The molecule has 23 heavy (non-hydrogen) atoms. The predicted octanol–water partition coefficient (Wildman–Crippen LogP) is 3.67. The lowest BCUT2D eigenvalue weighted by Crippen LogP contribution is -2.19. The number of carbonyl (C=O) groups is 2. The third-order valence-corrected chi connectivity index (χ3v) is 5.65. The Kier molecular flexibility index (Phi) is 15.2. The zero-order valence-electron chi connectivity index (χ0n) is 15.0. The molecule has 0 saturated carbocycles. The first kappa shape index (κ1) is 22.8. The van der Waals surface area contributed by atoms with Gasteiger partial charge in [-0.2, -0.15) is 23.5 Å². The van der Waals surface area contributed by atoms with Gasteiger partial charge in [0, 0.05) is 36.2 Å². The molecule has 0 heterocycles. The van der Waals surface area contributed by atoms with Gasteiger partial charge >= 0.3 is 5.97 Å². The summed E-state index contributed by atoms with van der Waals surface area (Å²) in [6.07, 6.45) is 4.28. The number of ketones is 1. The summed E-state index contributed by atoms with van der Waals surface area (Å²) in [6, 6.07) is 0. The second kappa shape index (κ2) is 15.3. The minimum absolute atomic E-state index is 0.0741. The summed E-state index contributed by atoms with van der Waals surface area (Å²) in [7, 11) is 0. The number of rotatable bonds is 15. The lowest BCUT2D eigenvalue weighted by atomic mass is 10.0. The molecule has 0 spiro atoms. The van der Waals surface area contributed by atoms with Gasteiger partial charge in [-0.1, -0.05) is 20.8 Å². The van der Waals surface area contributed by atoms with Gasteiger partial charge in [0.2, 0.25) is 0 Å². The summed E-state index contributed by atoms with van der Waals surface area (Å²) in [5.41, 5.74) is 0. The third-order valence-electron chi connectivity index (χ3n) is 3.55. The van der Waals surface area contributed by atoms with Crippen molar-refractivity contribution < 1.29 is 19.1 Å². The minimum atomic E-state index is -0.155. The lowest BCUT2D eigenvalue weighted by Gasteiger charge is -2.11. The summed E-state index contributed by atoms with van der Waals surface area (Å²) < 4.78 is 10.6. The molecule has 136 valence electrons. The predicted molar refractivity (Wildman–Crippen MR) is 100 cm³/mol. The van der Waals surface area contributed by atoms with Gasteiger partial charge in [-0.25, -0.2) is 0 Å². The monoisotopic (exact) mass is 364 g/mol.